The monoisotopic (exact) mass is 314 g/mol. The van der Waals surface area contributed by atoms with Crippen LogP contribution in [0, 0.1) is 5.41 Å². The lowest BCUT2D eigenvalue weighted by Crippen LogP contribution is -2.55. The topological polar surface area (TPSA) is 49.4 Å². The molecule has 2 amide bonds. The maximum atomic E-state index is 12.5. The van der Waals surface area contributed by atoms with Crippen molar-refractivity contribution in [1.82, 2.24) is 10.2 Å². The van der Waals surface area contributed by atoms with Gasteiger partial charge in [-0.15, -0.1) is 0 Å². The third-order valence-corrected chi connectivity index (χ3v) is 5.55. The predicted molar refractivity (Wildman–Crippen MR) is 89.6 cm³/mol. The molecular weight excluding hydrogens is 288 g/mol. The molecule has 1 aromatic carbocycles. The van der Waals surface area contributed by atoms with Gasteiger partial charge in [0.25, 0.3) is 0 Å². The molecule has 1 aliphatic carbocycles. The molecule has 2 aliphatic rings. The summed E-state index contributed by atoms with van der Waals surface area (Å²) in [6, 6.07) is 10.5. The lowest BCUT2D eigenvalue weighted by molar-refractivity contribution is -0.142. The zero-order chi connectivity index (χ0) is 16.3. The highest BCUT2D eigenvalue weighted by molar-refractivity contribution is 5.78. The Morgan fingerprint density at radius 1 is 1.30 bits per heavy atom. The summed E-state index contributed by atoms with van der Waals surface area (Å²) in [4.78, 5) is 26.3. The van der Waals surface area contributed by atoms with Gasteiger partial charge in [-0.2, -0.15) is 0 Å². The van der Waals surface area contributed by atoms with E-state index in [1.54, 1.807) is 0 Å². The van der Waals surface area contributed by atoms with E-state index in [-0.39, 0.29) is 23.3 Å². The number of carbonyl (C=O) groups is 2. The van der Waals surface area contributed by atoms with E-state index in [4.69, 9.17) is 0 Å². The molecule has 1 aromatic rings. The third-order valence-electron chi connectivity index (χ3n) is 5.55. The van der Waals surface area contributed by atoms with Gasteiger partial charge in [-0.05, 0) is 24.8 Å². The number of piperidine rings is 1. The van der Waals surface area contributed by atoms with E-state index >= 15 is 0 Å². The van der Waals surface area contributed by atoms with E-state index in [1.165, 1.54) is 5.56 Å². The SMILES string of the molecule is CCC(=O)NC[C@@]12CCC[C@H]1N(Cc1ccccc1)C(=O)CC2. The number of carbonyl (C=O) groups excluding carboxylic acids is 2. The summed E-state index contributed by atoms with van der Waals surface area (Å²) in [5, 5.41) is 3.09. The number of fused-ring (bicyclic) bond motifs is 1. The van der Waals surface area contributed by atoms with Gasteiger partial charge >= 0.3 is 0 Å². The van der Waals surface area contributed by atoms with Crippen LogP contribution in [0.1, 0.15) is 51.0 Å². The molecule has 0 radical (unpaired) electrons. The van der Waals surface area contributed by atoms with Gasteiger partial charge in [0.15, 0.2) is 0 Å². The first-order valence-electron chi connectivity index (χ1n) is 8.75. The van der Waals surface area contributed by atoms with E-state index in [9.17, 15) is 9.59 Å². The smallest absolute Gasteiger partial charge is 0.223 e. The van der Waals surface area contributed by atoms with Crippen LogP contribution >= 0.6 is 0 Å². The molecule has 2 fully saturated rings. The molecule has 23 heavy (non-hydrogen) atoms. The molecule has 1 saturated heterocycles. The van der Waals surface area contributed by atoms with Crippen LogP contribution in [-0.4, -0.2) is 29.3 Å². The third kappa shape index (κ3) is 3.26. The Labute approximate surface area is 138 Å². The van der Waals surface area contributed by atoms with E-state index in [1.807, 2.05) is 25.1 Å². The van der Waals surface area contributed by atoms with Crippen LogP contribution in [0.4, 0.5) is 0 Å². The Morgan fingerprint density at radius 2 is 2.09 bits per heavy atom. The minimum atomic E-state index is 0.0769. The van der Waals surface area contributed by atoms with Crippen molar-refractivity contribution in [1.29, 1.82) is 0 Å². The van der Waals surface area contributed by atoms with Gasteiger partial charge in [0.05, 0.1) is 0 Å². The minimum absolute atomic E-state index is 0.0769. The average molecular weight is 314 g/mol. The summed E-state index contributed by atoms with van der Waals surface area (Å²) in [7, 11) is 0. The number of amides is 2. The van der Waals surface area contributed by atoms with E-state index in [2.05, 4.69) is 22.3 Å². The van der Waals surface area contributed by atoms with Crippen LogP contribution in [0.2, 0.25) is 0 Å². The van der Waals surface area contributed by atoms with Crippen molar-refractivity contribution in [2.75, 3.05) is 6.54 Å². The molecule has 1 N–H and O–H groups in total. The van der Waals surface area contributed by atoms with Crippen LogP contribution < -0.4 is 5.32 Å². The number of hydrogen-bond donors (Lipinski definition) is 1. The number of benzene rings is 1. The summed E-state index contributed by atoms with van der Waals surface area (Å²) >= 11 is 0. The van der Waals surface area contributed by atoms with Gasteiger partial charge in [0.2, 0.25) is 11.8 Å². The molecule has 4 heteroatoms. The van der Waals surface area contributed by atoms with Crippen molar-refractivity contribution in [3.63, 3.8) is 0 Å². The van der Waals surface area contributed by atoms with Crippen molar-refractivity contribution >= 4 is 11.8 Å². The number of rotatable bonds is 5. The standard InChI is InChI=1S/C19H26N2O2/c1-2-17(22)20-14-19-11-6-9-16(19)21(18(23)10-12-19)13-15-7-4-3-5-8-15/h3-5,7-8,16H,2,6,9-14H2,1H3,(H,20,22)/t16-,19+/m1/s1. The Bertz CT molecular complexity index is 572. The summed E-state index contributed by atoms with van der Waals surface area (Å²) in [5.41, 5.74) is 1.26. The molecule has 4 nitrogen and oxygen atoms in total. The second-order valence-electron chi connectivity index (χ2n) is 6.91. The molecule has 1 saturated carbocycles. The van der Waals surface area contributed by atoms with E-state index in [0.717, 1.165) is 25.7 Å². The highest BCUT2D eigenvalue weighted by atomic mass is 16.2. The zero-order valence-corrected chi connectivity index (χ0v) is 13.9. The molecule has 1 heterocycles. The maximum absolute atomic E-state index is 12.5. The summed E-state index contributed by atoms with van der Waals surface area (Å²) in [6.45, 7) is 3.28. The lowest BCUT2D eigenvalue weighted by atomic mass is 9.74. The van der Waals surface area contributed by atoms with Gasteiger partial charge in [0.1, 0.15) is 0 Å². The van der Waals surface area contributed by atoms with Gasteiger partial charge < -0.3 is 10.2 Å². The molecular formula is C19H26N2O2. The van der Waals surface area contributed by atoms with Crippen LogP contribution in [0.25, 0.3) is 0 Å². The predicted octanol–water partition coefficient (Wildman–Crippen LogP) is 2.87. The maximum Gasteiger partial charge on any atom is 0.223 e. The largest absolute Gasteiger partial charge is 0.355 e. The summed E-state index contributed by atoms with van der Waals surface area (Å²) < 4.78 is 0. The van der Waals surface area contributed by atoms with Crippen LogP contribution in [0.3, 0.4) is 0 Å². The fraction of sp³-hybridized carbons (Fsp3) is 0.579. The number of nitrogens with one attached hydrogen (secondary N) is 1. The minimum Gasteiger partial charge on any atom is -0.355 e. The van der Waals surface area contributed by atoms with Gasteiger partial charge in [-0.25, -0.2) is 0 Å². The van der Waals surface area contributed by atoms with Crippen molar-refractivity contribution in [3.05, 3.63) is 35.9 Å². The van der Waals surface area contributed by atoms with Crippen LogP contribution in [0.15, 0.2) is 30.3 Å². The normalized spacial score (nSPS) is 26.9. The highest BCUT2D eigenvalue weighted by Crippen LogP contribution is 2.48. The second kappa shape index (κ2) is 6.73. The van der Waals surface area contributed by atoms with Crippen LogP contribution in [0.5, 0.6) is 0 Å². The van der Waals surface area contributed by atoms with E-state index < -0.39 is 0 Å². The van der Waals surface area contributed by atoms with Gasteiger partial charge in [-0.3, -0.25) is 9.59 Å². The van der Waals surface area contributed by atoms with Crippen molar-refractivity contribution in [2.45, 2.75) is 58.0 Å². The Balaban J connectivity index is 1.77. The Morgan fingerprint density at radius 3 is 2.83 bits per heavy atom. The molecule has 0 spiro atoms. The van der Waals surface area contributed by atoms with Crippen LogP contribution in [-0.2, 0) is 16.1 Å². The first kappa shape index (κ1) is 16.0. The number of nitrogens with zero attached hydrogens (tertiary/aromatic N) is 1. The zero-order valence-electron chi connectivity index (χ0n) is 13.9. The first-order chi connectivity index (χ1) is 11.1. The van der Waals surface area contributed by atoms with Crippen molar-refractivity contribution in [3.8, 4) is 0 Å². The number of hydrogen-bond acceptors (Lipinski definition) is 2. The molecule has 124 valence electrons. The van der Waals surface area contributed by atoms with E-state index in [0.29, 0.717) is 25.9 Å². The molecule has 0 unspecified atom stereocenters. The second-order valence-corrected chi connectivity index (χ2v) is 6.91. The quantitative estimate of drug-likeness (QED) is 0.908. The van der Waals surface area contributed by atoms with Gasteiger partial charge in [-0.1, -0.05) is 43.7 Å². The lowest BCUT2D eigenvalue weighted by Gasteiger charge is -2.46. The molecule has 0 aromatic heterocycles. The Kier molecular flexibility index (Phi) is 4.69. The average Bonchev–Trinajstić information content (AvgIpc) is 3.01. The van der Waals surface area contributed by atoms with Crippen molar-refractivity contribution < 1.29 is 9.59 Å². The fourth-order valence-corrected chi connectivity index (χ4v) is 4.24. The summed E-state index contributed by atoms with van der Waals surface area (Å²) in [5.74, 6) is 0.370. The fourth-order valence-electron chi connectivity index (χ4n) is 4.24. The molecule has 2 atom stereocenters. The first-order valence-corrected chi connectivity index (χ1v) is 8.75. The highest BCUT2D eigenvalue weighted by Gasteiger charge is 2.50. The molecule has 1 aliphatic heterocycles. The van der Waals surface area contributed by atoms with Crippen molar-refractivity contribution in [2.24, 2.45) is 5.41 Å². The van der Waals surface area contributed by atoms with Gasteiger partial charge in [0, 0.05) is 37.4 Å². The molecule has 0 bridgehead atoms. The Hall–Kier alpha value is -1.84. The summed E-state index contributed by atoms with van der Waals surface area (Å²) in [6.07, 6.45) is 5.34. The number of likely N-dealkylation sites (tertiary alicyclic amines) is 1. The molecule has 3 rings (SSSR count).